The van der Waals surface area contributed by atoms with Crippen LogP contribution >= 0.6 is 0 Å². The number of nitrogens with zero attached hydrogens (tertiary/aromatic N) is 3. The second-order valence-electron chi connectivity index (χ2n) is 4.22. The zero-order chi connectivity index (χ0) is 14.3. The molecule has 98 valence electrons. The molecule has 3 rings (SSSR count). The smallest absolute Gasteiger partial charge is 0.205 e. The number of nitriles is 1. The fraction of sp³-hybridized carbons (Fsp3) is 0. The molecule has 0 atom stereocenters. The predicted octanol–water partition coefficient (Wildman–Crippen LogP) is 2.76. The van der Waals surface area contributed by atoms with E-state index in [1.165, 1.54) is 10.6 Å². The summed E-state index contributed by atoms with van der Waals surface area (Å²) in [7, 11) is 0. The van der Waals surface area contributed by atoms with Crippen molar-refractivity contribution in [3.63, 3.8) is 0 Å². The monoisotopic (exact) mass is 270 g/mol. The minimum atomic E-state index is -0.972. The van der Waals surface area contributed by atoms with Crippen LogP contribution in [0.5, 0.6) is 0 Å². The Hall–Kier alpha value is -2.94. The lowest BCUT2D eigenvalue weighted by Crippen LogP contribution is -2.01. The van der Waals surface area contributed by atoms with Gasteiger partial charge in [0.2, 0.25) is 5.95 Å². The maximum Gasteiger partial charge on any atom is 0.205 e. The fourth-order valence-electron chi connectivity index (χ4n) is 2.06. The Balaban J connectivity index is 2.32. The van der Waals surface area contributed by atoms with Gasteiger partial charge < -0.3 is 5.73 Å². The molecule has 0 saturated heterocycles. The molecule has 0 spiro atoms. The maximum absolute atomic E-state index is 13.3. The van der Waals surface area contributed by atoms with Crippen molar-refractivity contribution in [1.29, 1.82) is 5.26 Å². The van der Waals surface area contributed by atoms with E-state index in [1.807, 2.05) is 6.07 Å². The molecule has 0 amide bonds. The first-order chi connectivity index (χ1) is 9.60. The lowest BCUT2D eigenvalue weighted by atomic mass is 10.2. The van der Waals surface area contributed by atoms with Gasteiger partial charge >= 0.3 is 0 Å². The first-order valence-electron chi connectivity index (χ1n) is 5.73. The fourth-order valence-corrected chi connectivity index (χ4v) is 2.06. The molecule has 0 bridgehead atoms. The SMILES string of the molecule is N#Cc1ccc2nc(N)n(-c3ccc(F)c(F)c3)c2c1. The van der Waals surface area contributed by atoms with E-state index < -0.39 is 11.6 Å². The summed E-state index contributed by atoms with van der Waals surface area (Å²) in [4.78, 5) is 4.13. The van der Waals surface area contributed by atoms with E-state index in [4.69, 9.17) is 11.0 Å². The molecule has 0 fully saturated rings. The third-order valence-electron chi connectivity index (χ3n) is 2.97. The van der Waals surface area contributed by atoms with Gasteiger partial charge in [-0.05, 0) is 30.3 Å². The highest BCUT2D eigenvalue weighted by molar-refractivity contribution is 5.82. The molecule has 0 unspecified atom stereocenters. The molecule has 0 aliphatic heterocycles. The summed E-state index contributed by atoms with van der Waals surface area (Å²) < 4.78 is 27.8. The molecule has 0 saturated carbocycles. The van der Waals surface area contributed by atoms with Crippen LogP contribution in [0.4, 0.5) is 14.7 Å². The molecule has 1 heterocycles. The normalized spacial score (nSPS) is 10.7. The summed E-state index contributed by atoms with van der Waals surface area (Å²) in [6, 6.07) is 10.3. The van der Waals surface area contributed by atoms with E-state index in [1.54, 1.807) is 18.2 Å². The van der Waals surface area contributed by atoms with Gasteiger partial charge in [0.1, 0.15) is 0 Å². The molecule has 3 aromatic rings. The molecule has 2 aromatic carbocycles. The molecule has 0 aliphatic carbocycles. The number of rotatable bonds is 1. The maximum atomic E-state index is 13.3. The van der Waals surface area contributed by atoms with Crippen molar-refractivity contribution in [2.24, 2.45) is 0 Å². The standard InChI is InChI=1S/C14H8F2N4/c15-10-3-2-9(6-11(10)16)20-13-5-8(7-17)1-4-12(13)19-14(20)18/h1-6H,(H2,18,19). The number of imidazole rings is 1. The Labute approximate surface area is 112 Å². The van der Waals surface area contributed by atoms with Crippen LogP contribution in [0.2, 0.25) is 0 Å². The summed E-state index contributed by atoms with van der Waals surface area (Å²) in [5.74, 6) is -1.77. The lowest BCUT2D eigenvalue weighted by Gasteiger charge is -2.07. The van der Waals surface area contributed by atoms with Crippen molar-refractivity contribution in [3.05, 3.63) is 53.6 Å². The van der Waals surface area contributed by atoms with Gasteiger partial charge in [0, 0.05) is 6.07 Å². The topological polar surface area (TPSA) is 67.6 Å². The number of nitrogen functional groups attached to an aromatic ring is 1. The number of hydrogen-bond acceptors (Lipinski definition) is 3. The third-order valence-corrected chi connectivity index (χ3v) is 2.97. The lowest BCUT2D eigenvalue weighted by molar-refractivity contribution is 0.508. The van der Waals surface area contributed by atoms with Crippen LogP contribution in [0.25, 0.3) is 16.7 Å². The van der Waals surface area contributed by atoms with Crippen LogP contribution < -0.4 is 5.73 Å². The van der Waals surface area contributed by atoms with E-state index in [9.17, 15) is 8.78 Å². The molecule has 0 radical (unpaired) electrons. The minimum Gasteiger partial charge on any atom is -0.369 e. The predicted molar refractivity (Wildman–Crippen MR) is 70.1 cm³/mol. The Morgan fingerprint density at radius 2 is 1.90 bits per heavy atom. The molecule has 6 heteroatoms. The molecule has 2 N–H and O–H groups in total. The van der Waals surface area contributed by atoms with E-state index in [2.05, 4.69) is 4.98 Å². The van der Waals surface area contributed by atoms with E-state index in [0.717, 1.165) is 12.1 Å². The highest BCUT2D eigenvalue weighted by atomic mass is 19.2. The highest BCUT2D eigenvalue weighted by Gasteiger charge is 2.12. The van der Waals surface area contributed by atoms with Crippen molar-refractivity contribution in [2.75, 3.05) is 5.73 Å². The minimum absolute atomic E-state index is 0.140. The Morgan fingerprint density at radius 1 is 1.10 bits per heavy atom. The average Bonchev–Trinajstić information content (AvgIpc) is 2.77. The van der Waals surface area contributed by atoms with Crippen molar-refractivity contribution in [3.8, 4) is 11.8 Å². The third kappa shape index (κ3) is 1.77. The summed E-state index contributed by atoms with van der Waals surface area (Å²) in [5.41, 5.74) is 7.73. The number of benzene rings is 2. The van der Waals surface area contributed by atoms with Crippen LogP contribution in [-0.4, -0.2) is 9.55 Å². The van der Waals surface area contributed by atoms with Crippen LogP contribution in [0, 0.1) is 23.0 Å². The number of nitrogens with two attached hydrogens (primary N) is 1. The summed E-state index contributed by atoms with van der Waals surface area (Å²) in [6.45, 7) is 0. The van der Waals surface area contributed by atoms with Crippen LogP contribution in [0.1, 0.15) is 5.56 Å². The van der Waals surface area contributed by atoms with Crippen molar-refractivity contribution in [1.82, 2.24) is 9.55 Å². The Bertz CT molecular complexity index is 861. The molecule has 20 heavy (non-hydrogen) atoms. The second-order valence-corrected chi connectivity index (χ2v) is 4.22. The van der Waals surface area contributed by atoms with Gasteiger partial charge in [0.25, 0.3) is 0 Å². The van der Waals surface area contributed by atoms with Crippen LogP contribution in [0.15, 0.2) is 36.4 Å². The Kier molecular flexibility index (Phi) is 2.61. The summed E-state index contributed by atoms with van der Waals surface area (Å²) in [5, 5.41) is 8.93. The number of hydrogen-bond donors (Lipinski definition) is 1. The zero-order valence-electron chi connectivity index (χ0n) is 10.1. The summed E-state index contributed by atoms with van der Waals surface area (Å²) >= 11 is 0. The molecule has 0 aliphatic rings. The van der Waals surface area contributed by atoms with Gasteiger partial charge in [-0.3, -0.25) is 4.57 Å². The summed E-state index contributed by atoms with van der Waals surface area (Å²) in [6.07, 6.45) is 0. The van der Waals surface area contributed by atoms with Gasteiger partial charge in [0.05, 0.1) is 28.4 Å². The van der Waals surface area contributed by atoms with Gasteiger partial charge in [0.15, 0.2) is 11.6 Å². The number of halogens is 2. The van der Waals surface area contributed by atoms with E-state index in [0.29, 0.717) is 22.3 Å². The first kappa shape index (κ1) is 12.1. The van der Waals surface area contributed by atoms with Gasteiger partial charge in [-0.2, -0.15) is 5.26 Å². The average molecular weight is 270 g/mol. The zero-order valence-corrected chi connectivity index (χ0v) is 10.1. The van der Waals surface area contributed by atoms with Crippen LogP contribution in [0.3, 0.4) is 0 Å². The largest absolute Gasteiger partial charge is 0.369 e. The second kappa shape index (κ2) is 4.31. The van der Waals surface area contributed by atoms with Crippen molar-refractivity contribution >= 4 is 17.0 Å². The molecule has 1 aromatic heterocycles. The van der Waals surface area contributed by atoms with Crippen molar-refractivity contribution < 1.29 is 8.78 Å². The Morgan fingerprint density at radius 3 is 2.60 bits per heavy atom. The highest BCUT2D eigenvalue weighted by Crippen LogP contribution is 2.24. The van der Waals surface area contributed by atoms with Gasteiger partial charge in [-0.25, -0.2) is 13.8 Å². The molecular weight excluding hydrogens is 262 g/mol. The number of fused-ring (bicyclic) bond motifs is 1. The van der Waals surface area contributed by atoms with Gasteiger partial charge in [-0.15, -0.1) is 0 Å². The molecule has 4 nitrogen and oxygen atoms in total. The number of aromatic nitrogens is 2. The van der Waals surface area contributed by atoms with E-state index >= 15 is 0 Å². The van der Waals surface area contributed by atoms with Crippen molar-refractivity contribution in [2.45, 2.75) is 0 Å². The van der Waals surface area contributed by atoms with Gasteiger partial charge in [-0.1, -0.05) is 0 Å². The molecular formula is C14H8F2N4. The van der Waals surface area contributed by atoms with E-state index in [-0.39, 0.29) is 5.95 Å². The number of anilines is 1. The van der Waals surface area contributed by atoms with Crippen LogP contribution in [-0.2, 0) is 0 Å². The first-order valence-corrected chi connectivity index (χ1v) is 5.73. The quantitative estimate of drug-likeness (QED) is 0.739.